The molecule has 2 aromatic carbocycles. The molecule has 0 saturated carbocycles. The summed E-state index contributed by atoms with van der Waals surface area (Å²) in [6.45, 7) is 3.29. The minimum atomic E-state index is -0.181. The van der Waals surface area contributed by atoms with Crippen LogP contribution in [0.3, 0.4) is 0 Å². The Morgan fingerprint density at radius 1 is 0.963 bits per heavy atom. The minimum Gasteiger partial charge on any atom is -0.493 e. The van der Waals surface area contributed by atoms with Gasteiger partial charge in [0.15, 0.2) is 0 Å². The first-order valence-corrected chi connectivity index (χ1v) is 9.11. The van der Waals surface area contributed by atoms with Crippen LogP contribution in [0.15, 0.2) is 60.7 Å². The van der Waals surface area contributed by atoms with Crippen molar-refractivity contribution in [2.75, 3.05) is 19.7 Å². The molecular formula is C22H26N2O3. The number of carbonyl (C=O) groups excluding carboxylic acids is 2. The third kappa shape index (κ3) is 8.23. The molecular weight excluding hydrogens is 340 g/mol. The molecule has 5 heteroatoms. The van der Waals surface area contributed by atoms with Gasteiger partial charge in [0.2, 0.25) is 11.8 Å². The number of amides is 2. The number of carbonyl (C=O) groups is 2. The highest BCUT2D eigenvalue weighted by molar-refractivity contribution is 5.91. The van der Waals surface area contributed by atoms with Crippen molar-refractivity contribution in [3.8, 4) is 5.75 Å². The van der Waals surface area contributed by atoms with Gasteiger partial charge in [-0.1, -0.05) is 48.5 Å². The summed E-state index contributed by atoms with van der Waals surface area (Å²) in [7, 11) is 0. The van der Waals surface area contributed by atoms with E-state index in [2.05, 4.69) is 10.6 Å². The van der Waals surface area contributed by atoms with Crippen molar-refractivity contribution in [2.45, 2.75) is 19.8 Å². The molecule has 0 aromatic heterocycles. The molecule has 2 N–H and O–H groups in total. The molecule has 2 aromatic rings. The van der Waals surface area contributed by atoms with Crippen LogP contribution in [-0.2, 0) is 9.59 Å². The Hall–Kier alpha value is -3.08. The number of aryl methyl sites for hydroxylation is 1. The predicted octanol–water partition coefficient (Wildman–Crippen LogP) is 3.10. The zero-order chi connectivity index (χ0) is 19.3. The number of hydrogen-bond donors (Lipinski definition) is 2. The normalized spacial score (nSPS) is 10.6. The highest BCUT2D eigenvalue weighted by atomic mass is 16.5. The molecule has 0 saturated heterocycles. The van der Waals surface area contributed by atoms with Gasteiger partial charge >= 0.3 is 0 Å². The Morgan fingerprint density at radius 2 is 1.67 bits per heavy atom. The number of para-hydroxylation sites is 1. The summed E-state index contributed by atoms with van der Waals surface area (Å²) >= 11 is 0. The zero-order valence-corrected chi connectivity index (χ0v) is 15.6. The number of ether oxygens (including phenoxy) is 1. The van der Waals surface area contributed by atoms with Gasteiger partial charge in [0.25, 0.3) is 0 Å². The average molecular weight is 366 g/mol. The minimum absolute atomic E-state index is 0.0440. The molecule has 0 bridgehead atoms. The van der Waals surface area contributed by atoms with Gasteiger partial charge < -0.3 is 15.4 Å². The van der Waals surface area contributed by atoms with Crippen LogP contribution >= 0.6 is 0 Å². The lowest BCUT2D eigenvalue weighted by Gasteiger charge is -2.09. The molecule has 0 aliphatic rings. The second-order valence-corrected chi connectivity index (χ2v) is 6.10. The Labute approximate surface area is 160 Å². The summed E-state index contributed by atoms with van der Waals surface area (Å²) in [4.78, 5) is 23.5. The Bertz CT molecular complexity index is 757. The smallest absolute Gasteiger partial charge is 0.244 e. The molecule has 0 aliphatic heterocycles. The SMILES string of the molecule is Cc1ccccc1OCCCC(=O)NCCNC(=O)/C=C/c1ccccc1. The topological polar surface area (TPSA) is 67.4 Å². The summed E-state index contributed by atoms with van der Waals surface area (Å²) < 4.78 is 5.66. The van der Waals surface area contributed by atoms with Gasteiger partial charge in [0.1, 0.15) is 5.75 Å². The van der Waals surface area contributed by atoms with Crippen LogP contribution in [-0.4, -0.2) is 31.5 Å². The van der Waals surface area contributed by atoms with E-state index in [1.807, 2.05) is 61.5 Å². The van der Waals surface area contributed by atoms with Gasteiger partial charge in [0.05, 0.1) is 6.61 Å². The molecule has 0 heterocycles. The maximum Gasteiger partial charge on any atom is 0.244 e. The molecule has 0 radical (unpaired) electrons. The first kappa shape index (κ1) is 20.2. The van der Waals surface area contributed by atoms with Gasteiger partial charge in [0, 0.05) is 25.6 Å². The first-order chi connectivity index (χ1) is 13.1. The molecule has 27 heavy (non-hydrogen) atoms. The third-order valence-electron chi connectivity index (χ3n) is 3.87. The summed E-state index contributed by atoms with van der Waals surface area (Å²) in [5.74, 6) is 0.626. The van der Waals surface area contributed by atoms with Gasteiger partial charge in [-0.05, 0) is 36.6 Å². The fraction of sp³-hybridized carbons (Fsp3) is 0.273. The standard InChI is InChI=1S/C22H26N2O3/c1-18-8-5-6-11-20(18)27-17-7-12-21(25)23-15-16-24-22(26)14-13-19-9-3-2-4-10-19/h2-6,8-11,13-14H,7,12,15-17H2,1H3,(H,23,25)(H,24,26)/b14-13+. The average Bonchev–Trinajstić information content (AvgIpc) is 2.69. The van der Waals surface area contributed by atoms with E-state index in [4.69, 9.17) is 4.74 Å². The van der Waals surface area contributed by atoms with Crippen LogP contribution in [0.4, 0.5) is 0 Å². The van der Waals surface area contributed by atoms with Crippen molar-refractivity contribution in [1.29, 1.82) is 0 Å². The van der Waals surface area contributed by atoms with Crippen LogP contribution in [0.5, 0.6) is 5.75 Å². The fourth-order valence-electron chi connectivity index (χ4n) is 2.40. The maximum absolute atomic E-state index is 11.8. The summed E-state index contributed by atoms with van der Waals surface area (Å²) in [5, 5.41) is 5.53. The van der Waals surface area contributed by atoms with Crippen molar-refractivity contribution in [1.82, 2.24) is 10.6 Å². The van der Waals surface area contributed by atoms with Gasteiger partial charge in [-0.25, -0.2) is 0 Å². The van der Waals surface area contributed by atoms with Crippen molar-refractivity contribution in [2.24, 2.45) is 0 Å². The lowest BCUT2D eigenvalue weighted by molar-refractivity contribution is -0.121. The van der Waals surface area contributed by atoms with Crippen LogP contribution in [0.25, 0.3) is 6.08 Å². The second-order valence-electron chi connectivity index (χ2n) is 6.10. The monoisotopic (exact) mass is 366 g/mol. The van der Waals surface area contributed by atoms with Crippen molar-refractivity contribution in [3.05, 3.63) is 71.8 Å². The molecule has 0 atom stereocenters. The Balaban J connectivity index is 1.52. The summed E-state index contributed by atoms with van der Waals surface area (Å²) in [6, 6.07) is 17.4. The van der Waals surface area contributed by atoms with Crippen LogP contribution in [0, 0.1) is 6.92 Å². The van der Waals surface area contributed by atoms with E-state index in [-0.39, 0.29) is 11.8 Å². The molecule has 0 unspecified atom stereocenters. The molecule has 0 aliphatic carbocycles. The molecule has 0 spiro atoms. The van der Waals surface area contributed by atoms with Gasteiger partial charge in [-0.2, -0.15) is 0 Å². The third-order valence-corrected chi connectivity index (χ3v) is 3.87. The lowest BCUT2D eigenvalue weighted by Crippen LogP contribution is -2.34. The van der Waals surface area contributed by atoms with E-state index in [9.17, 15) is 9.59 Å². The Morgan fingerprint density at radius 3 is 2.44 bits per heavy atom. The highest BCUT2D eigenvalue weighted by Crippen LogP contribution is 2.16. The quantitative estimate of drug-likeness (QED) is 0.502. The summed E-state index contributed by atoms with van der Waals surface area (Å²) in [5.41, 5.74) is 2.05. The molecule has 5 nitrogen and oxygen atoms in total. The predicted molar refractivity (Wildman–Crippen MR) is 107 cm³/mol. The molecule has 142 valence electrons. The van der Waals surface area contributed by atoms with E-state index < -0.39 is 0 Å². The first-order valence-electron chi connectivity index (χ1n) is 9.11. The van der Waals surface area contributed by atoms with Crippen molar-refractivity contribution in [3.63, 3.8) is 0 Å². The second kappa shape index (κ2) is 11.5. The van der Waals surface area contributed by atoms with E-state index in [1.165, 1.54) is 6.08 Å². The van der Waals surface area contributed by atoms with Crippen LogP contribution < -0.4 is 15.4 Å². The largest absolute Gasteiger partial charge is 0.493 e. The van der Waals surface area contributed by atoms with Crippen LogP contribution in [0.1, 0.15) is 24.0 Å². The van der Waals surface area contributed by atoms with Crippen molar-refractivity contribution < 1.29 is 14.3 Å². The highest BCUT2D eigenvalue weighted by Gasteiger charge is 2.02. The van der Waals surface area contributed by atoms with E-state index >= 15 is 0 Å². The van der Waals surface area contributed by atoms with Crippen LogP contribution in [0.2, 0.25) is 0 Å². The number of nitrogens with one attached hydrogen (secondary N) is 2. The fourth-order valence-corrected chi connectivity index (χ4v) is 2.40. The van der Waals surface area contributed by atoms with E-state index in [0.29, 0.717) is 32.5 Å². The molecule has 0 fully saturated rings. The summed E-state index contributed by atoms with van der Waals surface area (Å²) in [6.07, 6.45) is 4.28. The molecule has 2 amide bonds. The molecule has 2 rings (SSSR count). The number of rotatable bonds is 10. The van der Waals surface area contributed by atoms with Gasteiger partial charge in [-0.15, -0.1) is 0 Å². The maximum atomic E-state index is 11.8. The number of hydrogen-bond acceptors (Lipinski definition) is 3. The van der Waals surface area contributed by atoms with Crippen molar-refractivity contribution >= 4 is 17.9 Å². The Kier molecular flexibility index (Phi) is 8.63. The zero-order valence-electron chi connectivity index (χ0n) is 15.6. The van der Waals surface area contributed by atoms with E-state index in [1.54, 1.807) is 6.08 Å². The van der Waals surface area contributed by atoms with Gasteiger partial charge in [-0.3, -0.25) is 9.59 Å². The van der Waals surface area contributed by atoms with E-state index in [0.717, 1.165) is 16.9 Å². The number of benzene rings is 2. The lowest BCUT2D eigenvalue weighted by atomic mass is 10.2.